The van der Waals surface area contributed by atoms with Crippen molar-refractivity contribution in [2.24, 2.45) is 11.8 Å². The Hall–Kier alpha value is -4.23. The molecular weight excluding hydrogens is 719 g/mol. The lowest BCUT2D eigenvalue weighted by Crippen LogP contribution is -2.63. The molecule has 4 heterocycles. The van der Waals surface area contributed by atoms with Gasteiger partial charge in [-0.25, -0.2) is 9.59 Å². The number of hydrogen-bond donors (Lipinski definition) is 2. The molecule has 3 saturated heterocycles. The molecule has 3 fully saturated rings. The fourth-order valence-electron chi connectivity index (χ4n) is 7.36. The molecule has 7 atom stereocenters. The zero-order chi connectivity index (χ0) is 37.3. The molecule has 4 aliphatic heterocycles. The van der Waals surface area contributed by atoms with Gasteiger partial charge in [-0.15, -0.1) is 23.5 Å². The molecule has 16 nitrogen and oxygen atoms in total. The van der Waals surface area contributed by atoms with Crippen molar-refractivity contribution in [3.63, 3.8) is 0 Å². The van der Waals surface area contributed by atoms with E-state index in [9.17, 15) is 44.8 Å². The van der Waals surface area contributed by atoms with Gasteiger partial charge in [0.1, 0.15) is 18.9 Å². The summed E-state index contributed by atoms with van der Waals surface area (Å²) in [6, 6.07) is 10.6. The number of carbonyl (C=O) groups is 3. The minimum Gasteiger partial charge on any atom is -0.456 e. The van der Waals surface area contributed by atoms with Crippen LogP contribution in [-0.2, 0) is 32.3 Å². The van der Waals surface area contributed by atoms with Crippen molar-refractivity contribution in [3.8, 4) is 0 Å². The number of nitro benzene ring substituents is 2. The van der Waals surface area contributed by atoms with E-state index in [1.54, 1.807) is 23.6 Å². The fraction of sp³-hybridized carbons (Fsp3) is 0.500. The minimum atomic E-state index is -0.938. The Labute approximate surface area is 307 Å². The monoisotopic (exact) mass is 757 g/mol. The maximum Gasteiger partial charge on any atom is 0.410 e. The largest absolute Gasteiger partial charge is 0.456 e. The van der Waals surface area contributed by atoms with Gasteiger partial charge in [-0.3, -0.25) is 29.9 Å². The second kappa shape index (κ2) is 15.8. The van der Waals surface area contributed by atoms with Gasteiger partial charge >= 0.3 is 12.1 Å². The zero-order valence-corrected chi connectivity index (χ0v) is 30.1. The van der Waals surface area contributed by atoms with Gasteiger partial charge in [0.15, 0.2) is 0 Å². The average Bonchev–Trinajstić information content (AvgIpc) is 3.82. The molecular formula is C34H39N5O11S2. The predicted molar refractivity (Wildman–Crippen MR) is 190 cm³/mol. The summed E-state index contributed by atoms with van der Waals surface area (Å²) in [6.45, 7) is 4.56. The van der Waals surface area contributed by atoms with E-state index < -0.39 is 40.0 Å². The number of carbonyl (C=O) groups excluding carboxylic acids is 3. The summed E-state index contributed by atoms with van der Waals surface area (Å²) in [5.74, 6) is -1.32. The van der Waals surface area contributed by atoms with Crippen LogP contribution in [0.1, 0.15) is 31.4 Å². The summed E-state index contributed by atoms with van der Waals surface area (Å²) in [7, 11) is 0. The number of ether oxygens (including phenoxy) is 2. The van der Waals surface area contributed by atoms with Crippen LogP contribution in [0.25, 0.3) is 0 Å². The first-order valence-electron chi connectivity index (χ1n) is 16.8. The highest BCUT2D eigenvalue weighted by Crippen LogP contribution is 2.53. The van der Waals surface area contributed by atoms with Crippen LogP contribution >= 0.6 is 23.5 Å². The van der Waals surface area contributed by atoms with Crippen molar-refractivity contribution < 1.29 is 43.9 Å². The highest BCUT2D eigenvalue weighted by Gasteiger charge is 2.60. The Balaban J connectivity index is 1.23. The van der Waals surface area contributed by atoms with Crippen molar-refractivity contribution in [1.29, 1.82) is 0 Å². The lowest BCUT2D eigenvalue weighted by atomic mass is 9.79. The fourth-order valence-corrected chi connectivity index (χ4v) is 10.4. The van der Waals surface area contributed by atoms with Crippen LogP contribution in [-0.4, -0.2) is 114 Å². The molecule has 52 heavy (non-hydrogen) atoms. The van der Waals surface area contributed by atoms with E-state index in [-0.39, 0.29) is 71.9 Å². The highest BCUT2D eigenvalue weighted by molar-refractivity contribution is 8.03. The van der Waals surface area contributed by atoms with Crippen molar-refractivity contribution in [2.75, 3.05) is 32.0 Å². The number of benzene rings is 2. The van der Waals surface area contributed by atoms with Gasteiger partial charge in [-0.2, -0.15) is 0 Å². The lowest BCUT2D eigenvalue weighted by molar-refractivity contribution is -0.385. The molecule has 2 aromatic rings. The number of β-amino-alcohol motifs (C(OH)–C–C–N with tert-alkyl or cyclic N) is 1. The average molecular weight is 758 g/mol. The molecule has 0 saturated carbocycles. The number of likely N-dealkylation sites (tertiary alicyclic amines) is 1. The number of rotatable bonds is 13. The Morgan fingerprint density at radius 3 is 2.17 bits per heavy atom. The van der Waals surface area contributed by atoms with E-state index in [2.05, 4.69) is 4.90 Å². The van der Waals surface area contributed by atoms with Crippen LogP contribution in [0.15, 0.2) is 59.1 Å². The van der Waals surface area contributed by atoms with E-state index in [0.717, 1.165) is 12.3 Å². The van der Waals surface area contributed by atoms with E-state index in [1.807, 2.05) is 6.92 Å². The number of nitrogens with zero attached hydrogens (tertiary/aromatic N) is 5. The molecule has 18 heteroatoms. The van der Waals surface area contributed by atoms with Gasteiger partial charge in [-0.05, 0) is 48.7 Å². The topological polar surface area (TPSA) is 206 Å². The summed E-state index contributed by atoms with van der Waals surface area (Å²) in [5.41, 5.74) is 1.03. The molecule has 0 bridgehead atoms. The van der Waals surface area contributed by atoms with Gasteiger partial charge in [0.2, 0.25) is 5.91 Å². The van der Waals surface area contributed by atoms with E-state index in [4.69, 9.17) is 9.47 Å². The first kappa shape index (κ1) is 37.5. The van der Waals surface area contributed by atoms with Gasteiger partial charge in [0.05, 0.1) is 45.9 Å². The SMILES string of the molecule is C[C@@H](O)C1C(=O)N2C(C(=O)OCc3ccc([N+](=O)[O-])cc3)=C(S[C@H]3C[C@@H](C4SCCN4CCO)N(C(=O)OCc4ccc([N+](=O)[O-])cc4)C3)[C@H](C)C12. The van der Waals surface area contributed by atoms with E-state index >= 15 is 0 Å². The van der Waals surface area contributed by atoms with Crippen molar-refractivity contribution in [3.05, 3.63) is 90.5 Å². The van der Waals surface area contributed by atoms with E-state index in [1.165, 1.54) is 65.2 Å². The first-order valence-corrected chi connectivity index (χ1v) is 18.8. The Kier molecular flexibility index (Phi) is 11.4. The normalized spacial score (nSPS) is 26.3. The second-order valence-corrected chi connectivity index (χ2v) is 15.7. The van der Waals surface area contributed by atoms with Crippen LogP contribution in [0.3, 0.4) is 0 Å². The molecule has 4 aliphatic rings. The van der Waals surface area contributed by atoms with Gasteiger partial charge in [-0.1, -0.05) is 6.92 Å². The third kappa shape index (κ3) is 7.48. The number of β-lactam (4-membered cyclic amide) rings is 1. The maximum absolute atomic E-state index is 13.8. The van der Waals surface area contributed by atoms with Crippen LogP contribution in [0.2, 0.25) is 0 Å². The number of aliphatic hydroxyl groups excluding tert-OH is 2. The predicted octanol–water partition coefficient (Wildman–Crippen LogP) is 3.50. The number of nitro groups is 2. The Morgan fingerprint density at radius 1 is 1.02 bits per heavy atom. The smallest absolute Gasteiger partial charge is 0.410 e. The van der Waals surface area contributed by atoms with E-state index in [0.29, 0.717) is 29.0 Å². The molecule has 0 aliphatic carbocycles. The van der Waals surface area contributed by atoms with Gasteiger partial charge < -0.3 is 29.5 Å². The van der Waals surface area contributed by atoms with Crippen LogP contribution < -0.4 is 0 Å². The molecule has 2 amide bonds. The summed E-state index contributed by atoms with van der Waals surface area (Å²) in [6.07, 6.45) is -0.976. The zero-order valence-electron chi connectivity index (χ0n) is 28.4. The number of aliphatic hydroxyl groups is 2. The molecule has 3 unspecified atom stereocenters. The standard InChI is InChI=1S/C34H39N5O11S2/c1-19-28-27(20(2)41)31(42)37(28)29(33(43)49-17-21-3-7-23(8-4-21)38(45)46)30(19)52-25-15-26(32-35(11-13-40)12-14-51-32)36(16-25)34(44)50-18-22-5-9-24(10-6-22)39(47)48/h3-10,19-20,25-28,32,40-41H,11-18H2,1-2H3/t19-,20-,25+,26+,27?,28?,32?/m1/s1. The number of non-ortho nitro benzene ring substituents is 2. The summed E-state index contributed by atoms with van der Waals surface area (Å²) in [5, 5.41) is 42.0. The lowest BCUT2D eigenvalue weighted by Gasteiger charge is -2.46. The van der Waals surface area contributed by atoms with Crippen molar-refractivity contribution >= 4 is 52.9 Å². The number of thioether (sulfide) groups is 2. The molecule has 278 valence electrons. The number of fused-ring (bicyclic) bond motifs is 1. The molecule has 2 aromatic carbocycles. The maximum atomic E-state index is 13.8. The summed E-state index contributed by atoms with van der Waals surface area (Å²) < 4.78 is 11.4. The van der Waals surface area contributed by atoms with Crippen LogP contribution in [0.5, 0.6) is 0 Å². The molecule has 6 rings (SSSR count). The third-order valence-corrected chi connectivity index (χ3v) is 12.8. The Bertz CT molecular complexity index is 1740. The first-order chi connectivity index (χ1) is 24.9. The number of hydrogen-bond acceptors (Lipinski definition) is 14. The molecule has 0 radical (unpaired) electrons. The second-order valence-electron chi connectivity index (χ2n) is 13.2. The molecule has 0 aromatic heterocycles. The van der Waals surface area contributed by atoms with Crippen molar-refractivity contribution in [2.45, 2.75) is 62.3 Å². The van der Waals surface area contributed by atoms with Crippen LogP contribution in [0.4, 0.5) is 16.2 Å². The molecule has 0 spiro atoms. The third-order valence-electron chi connectivity index (χ3n) is 9.90. The molecule has 2 N–H and O–H groups in total. The van der Waals surface area contributed by atoms with Gasteiger partial charge in [0.25, 0.3) is 11.4 Å². The summed E-state index contributed by atoms with van der Waals surface area (Å²) >= 11 is 3.09. The highest BCUT2D eigenvalue weighted by atomic mass is 32.2. The summed E-state index contributed by atoms with van der Waals surface area (Å²) in [4.78, 5) is 67.7. The number of amides is 2. The quantitative estimate of drug-likeness (QED) is 0.130. The van der Waals surface area contributed by atoms with Crippen LogP contribution in [0, 0.1) is 32.1 Å². The van der Waals surface area contributed by atoms with Gasteiger partial charge in [0, 0.05) is 65.7 Å². The Morgan fingerprint density at radius 2 is 1.62 bits per heavy atom. The van der Waals surface area contributed by atoms with Crippen molar-refractivity contribution in [1.82, 2.24) is 14.7 Å². The minimum absolute atomic E-state index is 0.0437. The number of esters is 1.